The third-order valence-electron chi connectivity index (χ3n) is 3.65. The van der Waals surface area contributed by atoms with Gasteiger partial charge in [0, 0.05) is 38.6 Å². The van der Waals surface area contributed by atoms with Crippen LogP contribution >= 0.6 is 24.0 Å². The minimum atomic E-state index is 0. The topological polar surface area (TPSA) is 63.5 Å². The Bertz CT molecular complexity index is 643. The maximum atomic E-state index is 5.42. The lowest BCUT2D eigenvalue weighted by atomic mass is 10.1. The van der Waals surface area contributed by atoms with Crippen molar-refractivity contribution in [3.63, 3.8) is 0 Å². The number of aromatic nitrogens is 2. The number of hydrogen-bond acceptors (Lipinski definition) is 3. The van der Waals surface area contributed by atoms with E-state index in [9.17, 15) is 0 Å². The van der Waals surface area contributed by atoms with Crippen molar-refractivity contribution >= 4 is 29.9 Å². The molecular formula is C18H28IN5O. The highest BCUT2D eigenvalue weighted by molar-refractivity contribution is 14.0. The van der Waals surface area contributed by atoms with Gasteiger partial charge in [0.15, 0.2) is 5.96 Å². The molecule has 1 aromatic heterocycles. The zero-order chi connectivity index (χ0) is 17.2. The molecule has 2 N–H and O–H groups in total. The summed E-state index contributed by atoms with van der Waals surface area (Å²) in [5, 5.41) is 6.62. The monoisotopic (exact) mass is 457 g/mol. The van der Waals surface area contributed by atoms with Gasteiger partial charge in [-0.15, -0.1) is 24.0 Å². The summed E-state index contributed by atoms with van der Waals surface area (Å²) in [7, 11) is 1.71. The van der Waals surface area contributed by atoms with Gasteiger partial charge in [0.1, 0.15) is 5.75 Å². The molecular weight excluding hydrogens is 429 g/mol. The lowest BCUT2D eigenvalue weighted by Crippen LogP contribution is -2.39. The van der Waals surface area contributed by atoms with E-state index in [0.29, 0.717) is 6.54 Å². The summed E-state index contributed by atoms with van der Waals surface area (Å²) >= 11 is 0. The number of benzene rings is 1. The van der Waals surface area contributed by atoms with Gasteiger partial charge in [0.2, 0.25) is 0 Å². The summed E-state index contributed by atoms with van der Waals surface area (Å²) in [5.74, 6) is 1.76. The summed E-state index contributed by atoms with van der Waals surface area (Å²) in [6, 6.07) is 6.24. The van der Waals surface area contributed by atoms with E-state index >= 15 is 0 Å². The Labute approximate surface area is 167 Å². The lowest BCUT2D eigenvalue weighted by molar-refractivity contribution is 0.409. The molecule has 0 amide bonds. The minimum absolute atomic E-state index is 0. The first kappa shape index (κ1) is 21.3. The maximum Gasteiger partial charge on any atom is 0.191 e. The molecule has 2 rings (SSSR count). The van der Waals surface area contributed by atoms with Gasteiger partial charge in [0.25, 0.3) is 0 Å². The van der Waals surface area contributed by atoms with Gasteiger partial charge in [-0.05, 0) is 31.9 Å². The van der Waals surface area contributed by atoms with E-state index < -0.39 is 0 Å². The fourth-order valence-electron chi connectivity index (χ4n) is 2.46. The smallest absolute Gasteiger partial charge is 0.191 e. The van der Waals surface area contributed by atoms with Gasteiger partial charge in [-0.1, -0.05) is 17.7 Å². The lowest BCUT2D eigenvalue weighted by Gasteiger charge is -2.12. The third kappa shape index (κ3) is 7.33. The number of aliphatic imine (C=N–C) groups is 1. The maximum absolute atomic E-state index is 5.42. The average Bonchev–Trinajstić information content (AvgIpc) is 3.08. The number of ether oxygens (including phenoxy) is 1. The highest BCUT2D eigenvalue weighted by Crippen LogP contribution is 2.20. The molecule has 0 unspecified atom stereocenters. The summed E-state index contributed by atoms with van der Waals surface area (Å²) in [6.45, 7) is 7.36. The highest BCUT2D eigenvalue weighted by atomic mass is 127. The van der Waals surface area contributed by atoms with Crippen molar-refractivity contribution < 1.29 is 4.74 Å². The van der Waals surface area contributed by atoms with Crippen molar-refractivity contribution in [2.45, 2.75) is 26.8 Å². The second-order valence-electron chi connectivity index (χ2n) is 5.55. The van der Waals surface area contributed by atoms with Crippen LogP contribution in [0, 0.1) is 6.92 Å². The Balaban J connectivity index is 0.00000312. The molecule has 0 aliphatic carbocycles. The van der Waals surface area contributed by atoms with Crippen LogP contribution in [0.4, 0.5) is 0 Å². The SMILES string of the molecule is CCNC(=NCCc1cc(C)ccc1OC)NCCn1ccnc1.I. The van der Waals surface area contributed by atoms with Gasteiger partial charge < -0.3 is 19.9 Å². The second kappa shape index (κ2) is 11.7. The van der Waals surface area contributed by atoms with E-state index in [0.717, 1.165) is 37.8 Å². The van der Waals surface area contributed by atoms with Gasteiger partial charge in [-0.2, -0.15) is 0 Å². The molecule has 0 bridgehead atoms. The van der Waals surface area contributed by atoms with Crippen LogP contribution in [-0.4, -0.2) is 42.3 Å². The molecule has 0 fully saturated rings. The van der Waals surface area contributed by atoms with E-state index in [1.807, 2.05) is 23.2 Å². The van der Waals surface area contributed by atoms with Crippen LogP contribution in [0.3, 0.4) is 0 Å². The molecule has 0 saturated carbocycles. The number of nitrogens with zero attached hydrogens (tertiary/aromatic N) is 3. The Morgan fingerprint density at radius 2 is 2.16 bits per heavy atom. The predicted octanol–water partition coefficient (Wildman–Crippen LogP) is 2.62. The van der Waals surface area contributed by atoms with Gasteiger partial charge >= 0.3 is 0 Å². The molecule has 7 heteroatoms. The second-order valence-corrected chi connectivity index (χ2v) is 5.55. The van der Waals surface area contributed by atoms with Crippen molar-refractivity contribution in [3.8, 4) is 5.75 Å². The van der Waals surface area contributed by atoms with E-state index in [4.69, 9.17) is 4.74 Å². The van der Waals surface area contributed by atoms with E-state index in [-0.39, 0.29) is 24.0 Å². The number of imidazole rings is 1. The number of methoxy groups -OCH3 is 1. The molecule has 0 aliphatic rings. The zero-order valence-electron chi connectivity index (χ0n) is 15.2. The van der Waals surface area contributed by atoms with Crippen molar-refractivity contribution in [1.29, 1.82) is 0 Å². The fourth-order valence-corrected chi connectivity index (χ4v) is 2.46. The summed E-state index contributed by atoms with van der Waals surface area (Å²) in [5.41, 5.74) is 2.43. The number of halogens is 1. The van der Waals surface area contributed by atoms with Gasteiger partial charge in [-0.25, -0.2) is 4.98 Å². The summed E-state index contributed by atoms with van der Waals surface area (Å²) < 4.78 is 7.46. The molecule has 138 valence electrons. The molecule has 25 heavy (non-hydrogen) atoms. The van der Waals surface area contributed by atoms with Gasteiger partial charge in [0.05, 0.1) is 13.4 Å². The Kier molecular flexibility index (Phi) is 9.98. The van der Waals surface area contributed by atoms with Crippen molar-refractivity contribution in [2.75, 3.05) is 26.7 Å². The van der Waals surface area contributed by atoms with Gasteiger partial charge in [-0.3, -0.25) is 4.99 Å². The van der Waals surface area contributed by atoms with E-state index in [1.54, 1.807) is 13.3 Å². The Morgan fingerprint density at radius 1 is 1.32 bits per heavy atom. The molecule has 0 atom stereocenters. The molecule has 1 heterocycles. The summed E-state index contributed by atoms with van der Waals surface area (Å²) in [6.07, 6.45) is 6.41. The molecule has 0 radical (unpaired) electrons. The largest absolute Gasteiger partial charge is 0.496 e. The summed E-state index contributed by atoms with van der Waals surface area (Å²) in [4.78, 5) is 8.69. The molecule has 0 saturated heterocycles. The van der Waals surface area contributed by atoms with Crippen molar-refractivity contribution in [3.05, 3.63) is 48.0 Å². The van der Waals surface area contributed by atoms with Crippen LogP contribution in [0.25, 0.3) is 0 Å². The van der Waals surface area contributed by atoms with Crippen molar-refractivity contribution in [1.82, 2.24) is 20.2 Å². The first-order valence-corrected chi connectivity index (χ1v) is 8.34. The average molecular weight is 457 g/mol. The number of rotatable bonds is 8. The number of nitrogens with one attached hydrogen (secondary N) is 2. The molecule has 2 aromatic rings. The molecule has 1 aromatic carbocycles. The van der Waals surface area contributed by atoms with Crippen LogP contribution in [0.5, 0.6) is 5.75 Å². The zero-order valence-corrected chi connectivity index (χ0v) is 17.5. The Morgan fingerprint density at radius 3 is 2.84 bits per heavy atom. The first-order valence-electron chi connectivity index (χ1n) is 8.34. The standard InChI is InChI=1S/C18H27N5O.HI/c1-4-20-18(22-10-12-23-11-9-19-14-23)21-8-7-16-13-15(2)5-6-17(16)24-3;/h5-6,9,11,13-14H,4,7-8,10,12H2,1-3H3,(H2,20,21,22);1H. The van der Waals surface area contributed by atoms with Crippen LogP contribution in [0.1, 0.15) is 18.1 Å². The molecule has 6 nitrogen and oxygen atoms in total. The number of aryl methyl sites for hydroxylation is 1. The molecule has 0 aliphatic heterocycles. The van der Waals surface area contributed by atoms with Crippen LogP contribution in [-0.2, 0) is 13.0 Å². The van der Waals surface area contributed by atoms with Crippen LogP contribution < -0.4 is 15.4 Å². The number of guanidine groups is 1. The molecule has 0 spiro atoms. The fraction of sp³-hybridized carbons (Fsp3) is 0.444. The Hall–Kier alpha value is -1.77. The van der Waals surface area contributed by atoms with E-state index in [2.05, 4.69) is 46.6 Å². The van der Waals surface area contributed by atoms with Crippen LogP contribution in [0.15, 0.2) is 41.9 Å². The number of hydrogen-bond donors (Lipinski definition) is 2. The van der Waals surface area contributed by atoms with Crippen LogP contribution in [0.2, 0.25) is 0 Å². The highest BCUT2D eigenvalue weighted by Gasteiger charge is 2.03. The van der Waals surface area contributed by atoms with E-state index in [1.165, 1.54) is 11.1 Å². The third-order valence-corrected chi connectivity index (χ3v) is 3.65. The first-order chi connectivity index (χ1) is 11.7. The normalized spacial score (nSPS) is 10.9. The predicted molar refractivity (Wildman–Crippen MR) is 113 cm³/mol. The van der Waals surface area contributed by atoms with Crippen molar-refractivity contribution in [2.24, 2.45) is 4.99 Å². The quantitative estimate of drug-likeness (QED) is 0.364. The minimum Gasteiger partial charge on any atom is -0.496 e.